The molecule has 0 amide bonds. The number of fused-ring (bicyclic) bond motifs is 20. The third-order valence-electron chi connectivity index (χ3n) is 6.86. The number of hydrogen-bond donors (Lipinski definition) is 2. The van der Waals surface area contributed by atoms with Gasteiger partial charge in [-0.15, -0.1) is 0 Å². The van der Waals surface area contributed by atoms with Crippen molar-refractivity contribution in [3.63, 3.8) is 0 Å². The Morgan fingerprint density at radius 2 is 0.975 bits per heavy atom. The van der Waals surface area contributed by atoms with Crippen LogP contribution < -0.4 is 0 Å². The zero-order valence-electron chi connectivity index (χ0n) is 20.4. The van der Waals surface area contributed by atoms with E-state index in [0.29, 0.717) is 68.8 Å². The van der Waals surface area contributed by atoms with Crippen molar-refractivity contribution in [3.05, 3.63) is 73.3 Å². The van der Waals surface area contributed by atoms with Gasteiger partial charge in [0.25, 0.3) is 0 Å². The molecule has 40 heavy (non-hydrogen) atoms. The minimum absolute atomic E-state index is 0.398. The number of nitrogens with one attached hydrogen (secondary N) is 2. The molecule has 9 heterocycles. The molecule has 0 atom stereocenters. The molecule has 9 rings (SSSR count). The quantitative estimate of drug-likeness (QED) is 0.295. The topological polar surface area (TPSA) is 160 Å². The highest BCUT2D eigenvalue weighted by Crippen LogP contribution is 2.37. The Labute approximate surface area is 224 Å². The summed E-state index contributed by atoms with van der Waals surface area (Å²) in [5, 5.41) is 0.816. The molecule has 0 radical (unpaired) electrons. The summed E-state index contributed by atoms with van der Waals surface area (Å²) < 4.78 is 0. The Bertz CT molecular complexity index is 2100. The van der Waals surface area contributed by atoms with E-state index in [9.17, 15) is 0 Å². The Hall–Kier alpha value is -6.04. The fraction of sp³-hybridized carbons (Fsp3) is 0. The smallest absolute Gasteiger partial charge is 0.183 e. The minimum Gasteiger partial charge on any atom is -0.324 e. The first-order valence-corrected chi connectivity index (χ1v) is 12.4. The minimum atomic E-state index is 0.398. The standard InChI is InChI=1S/C28H14N12/c1-5-13-17(29-9-1)25-33-21(13)37-26-18-14(6-2-10-30-18)23(34-26)39-28-20-16(8-4-12-32-20)24(36-28)40-27-19-15(7-3-11-31-19)22(35-27)38-25/h1-12H,(H2,33,34,35,36,37,38,39,40). The summed E-state index contributed by atoms with van der Waals surface area (Å²) >= 11 is 0. The van der Waals surface area contributed by atoms with E-state index in [-0.39, 0.29) is 0 Å². The summed E-state index contributed by atoms with van der Waals surface area (Å²) in [4.78, 5) is 54.0. The van der Waals surface area contributed by atoms with E-state index >= 15 is 0 Å². The molecule has 12 nitrogen and oxygen atoms in total. The first-order valence-electron chi connectivity index (χ1n) is 12.4. The molecule has 0 fully saturated rings. The van der Waals surface area contributed by atoms with E-state index in [1.165, 1.54) is 0 Å². The molecule has 0 unspecified atom stereocenters. The lowest BCUT2D eigenvalue weighted by atomic mass is 10.2. The van der Waals surface area contributed by atoms with Crippen LogP contribution in [0.3, 0.4) is 0 Å². The first-order chi connectivity index (χ1) is 19.8. The van der Waals surface area contributed by atoms with Crippen LogP contribution in [-0.4, -0.2) is 59.8 Å². The Balaban J connectivity index is 1.48. The summed E-state index contributed by atoms with van der Waals surface area (Å²) in [6.45, 7) is 0. The van der Waals surface area contributed by atoms with Crippen LogP contribution >= 0.6 is 0 Å². The average Bonchev–Trinajstić information content (AvgIpc) is 3.73. The van der Waals surface area contributed by atoms with Gasteiger partial charge < -0.3 is 9.97 Å². The fourth-order valence-electron chi connectivity index (χ4n) is 5.09. The zero-order chi connectivity index (χ0) is 26.2. The van der Waals surface area contributed by atoms with Crippen molar-refractivity contribution >= 4 is 22.2 Å². The predicted octanol–water partition coefficient (Wildman–Crippen LogP) is 4.35. The summed E-state index contributed by atoms with van der Waals surface area (Å²) in [5.74, 6) is 2.72. The molecule has 186 valence electrons. The number of pyridine rings is 4. The first kappa shape index (κ1) is 21.0. The van der Waals surface area contributed by atoms with Crippen LogP contribution in [0.25, 0.3) is 90.9 Å². The van der Waals surface area contributed by atoms with Gasteiger partial charge in [0.15, 0.2) is 29.1 Å². The van der Waals surface area contributed by atoms with Crippen molar-refractivity contribution in [1.82, 2.24) is 59.8 Å². The summed E-state index contributed by atoms with van der Waals surface area (Å²) in [6, 6.07) is 15.1. The van der Waals surface area contributed by atoms with Crippen LogP contribution in [0.2, 0.25) is 0 Å². The van der Waals surface area contributed by atoms with E-state index in [1.54, 1.807) is 24.8 Å². The molecule has 0 saturated heterocycles. The molecule has 8 bridgehead atoms. The van der Waals surface area contributed by atoms with Crippen molar-refractivity contribution in [2.45, 2.75) is 0 Å². The van der Waals surface area contributed by atoms with E-state index in [0.717, 1.165) is 22.1 Å². The molecule has 3 aliphatic rings. The Kier molecular flexibility index (Phi) is 4.05. The van der Waals surface area contributed by atoms with Crippen molar-refractivity contribution < 1.29 is 0 Å². The van der Waals surface area contributed by atoms with Crippen molar-refractivity contribution in [3.8, 4) is 68.7 Å². The predicted molar refractivity (Wildman–Crippen MR) is 145 cm³/mol. The lowest BCUT2D eigenvalue weighted by molar-refractivity contribution is 1.13. The van der Waals surface area contributed by atoms with Crippen LogP contribution in [0, 0.1) is 0 Å². The third kappa shape index (κ3) is 2.95. The highest BCUT2D eigenvalue weighted by molar-refractivity contribution is 6.02. The molecule has 6 aromatic rings. The maximum Gasteiger partial charge on any atom is 0.183 e. The zero-order valence-corrected chi connectivity index (χ0v) is 20.4. The third-order valence-corrected chi connectivity index (χ3v) is 6.86. The largest absolute Gasteiger partial charge is 0.324 e. The average molecular weight is 519 g/mol. The van der Waals surface area contributed by atoms with Gasteiger partial charge in [0.2, 0.25) is 0 Å². The molecule has 0 aliphatic carbocycles. The van der Waals surface area contributed by atoms with Gasteiger partial charge in [-0.2, -0.15) is 0 Å². The number of aromatic amines is 2. The lowest BCUT2D eigenvalue weighted by Gasteiger charge is -1.97. The van der Waals surface area contributed by atoms with Crippen LogP contribution in [-0.2, 0) is 0 Å². The second kappa shape index (κ2) is 7.74. The molecular formula is C28H14N12. The summed E-state index contributed by atoms with van der Waals surface area (Å²) in [7, 11) is 0. The van der Waals surface area contributed by atoms with Crippen molar-refractivity contribution in [2.24, 2.45) is 0 Å². The number of aromatic nitrogens is 12. The van der Waals surface area contributed by atoms with Crippen LogP contribution in [0.1, 0.15) is 0 Å². The van der Waals surface area contributed by atoms with Gasteiger partial charge in [0, 0.05) is 46.9 Å². The van der Waals surface area contributed by atoms with E-state index in [1.807, 2.05) is 48.5 Å². The molecule has 0 saturated carbocycles. The summed E-state index contributed by atoms with van der Waals surface area (Å²) in [5.41, 5.74) is 6.09. The van der Waals surface area contributed by atoms with E-state index in [4.69, 9.17) is 29.9 Å². The molecular weight excluding hydrogens is 504 g/mol. The SMILES string of the molecule is c1cnc2c(c1)-c1nc-2nc2nc(nc3[nH]c([nH]c4nc(n1)-c1ncccc1-4)c1ncccc31)-c1ncccc1-2. The Morgan fingerprint density at radius 1 is 0.450 bits per heavy atom. The maximum absolute atomic E-state index is 4.89. The fourth-order valence-corrected chi connectivity index (χ4v) is 5.09. The number of rotatable bonds is 0. The molecule has 6 aromatic heterocycles. The normalized spacial score (nSPS) is 12.0. The van der Waals surface area contributed by atoms with E-state index in [2.05, 4.69) is 29.9 Å². The monoisotopic (exact) mass is 518 g/mol. The van der Waals surface area contributed by atoms with Gasteiger partial charge in [-0.3, -0.25) is 19.9 Å². The molecule has 2 N–H and O–H groups in total. The van der Waals surface area contributed by atoms with Gasteiger partial charge in [-0.25, -0.2) is 29.9 Å². The van der Waals surface area contributed by atoms with Crippen molar-refractivity contribution in [1.29, 1.82) is 0 Å². The van der Waals surface area contributed by atoms with Gasteiger partial charge in [0.05, 0.1) is 0 Å². The molecule has 3 aliphatic heterocycles. The molecule has 0 spiro atoms. The Morgan fingerprint density at radius 3 is 1.65 bits per heavy atom. The second-order valence-electron chi connectivity index (χ2n) is 9.21. The highest BCUT2D eigenvalue weighted by atomic mass is 15.1. The van der Waals surface area contributed by atoms with Crippen molar-refractivity contribution in [2.75, 3.05) is 0 Å². The van der Waals surface area contributed by atoms with E-state index < -0.39 is 0 Å². The lowest BCUT2D eigenvalue weighted by Crippen LogP contribution is -1.87. The van der Waals surface area contributed by atoms with Gasteiger partial charge in [0.1, 0.15) is 39.7 Å². The maximum atomic E-state index is 4.89. The van der Waals surface area contributed by atoms with Gasteiger partial charge in [-0.05, 0) is 48.5 Å². The summed E-state index contributed by atoms with van der Waals surface area (Å²) in [6.07, 6.45) is 6.87. The van der Waals surface area contributed by atoms with Crippen LogP contribution in [0.15, 0.2) is 73.3 Å². The van der Waals surface area contributed by atoms with Crippen LogP contribution in [0.5, 0.6) is 0 Å². The van der Waals surface area contributed by atoms with Gasteiger partial charge >= 0.3 is 0 Å². The number of nitrogens with zero attached hydrogens (tertiary/aromatic N) is 10. The highest BCUT2D eigenvalue weighted by Gasteiger charge is 2.26. The molecule has 12 heteroatoms. The number of hydrogen-bond acceptors (Lipinski definition) is 10. The van der Waals surface area contributed by atoms with Gasteiger partial charge in [-0.1, -0.05) is 0 Å². The number of H-pyrrole nitrogens is 2. The van der Waals surface area contributed by atoms with Crippen LogP contribution in [0.4, 0.5) is 0 Å². The molecule has 0 aromatic carbocycles. The second-order valence-corrected chi connectivity index (χ2v) is 9.21.